The van der Waals surface area contributed by atoms with Gasteiger partial charge >= 0.3 is 5.97 Å². The molecule has 1 N–H and O–H groups in total. The summed E-state index contributed by atoms with van der Waals surface area (Å²) < 4.78 is 4.77. The van der Waals surface area contributed by atoms with Gasteiger partial charge in [-0.25, -0.2) is 0 Å². The second kappa shape index (κ2) is 11.4. The molecule has 4 rings (SSSR count). The van der Waals surface area contributed by atoms with E-state index in [4.69, 9.17) is 4.74 Å². The van der Waals surface area contributed by atoms with Crippen LogP contribution in [0.2, 0.25) is 0 Å². The third-order valence-electron chi connectivity index (χ3n) is 8.07. The third kappa shape index (κ3) is 4.73. The molecule has 3 aliphatic heterocycles. The number of carbonyl (C=O) groups excluding carboxylic acids is 3. The van der Waals surface area contributed by atoms with Gasteiger partial charge in [0.25, 0.3) is 0 Å². The fraction of sp³-hybridized carbons (Fsp3) is 0.731. The van der Waals surface area contributed by atoms with E-state index >= 15 is 0 Å². The van der Waals surface area contributed by atoms with E-state index in [1.54, 1.807) is 22.7 Å². The summed E-state index contributed by atoms with van der Waals surface area (Å²) >= 11 is 5.41. The van der Waals surface area contributed by atoms with Crippen LogP contribution in [0, 0.1) is 11.8 Å². The number of amides is 2. The largest absolute Gasteiger partial charge is 0.461 e. The number of halogens is 1. The summed E-state index contributed by atoms with van der Waals surface area (Å²) in [4.78, 5) is 45.2. The lowest BCUT2D eigenvalue weighted by Crippen LogP contribution is -2.57. The Hall–Kier alpha value is -1.32. The van der Waals surface area contributed by atoms with Crippen LogP contribution in [0.5, 0.6) is 0 Å². The van der Waals surface area contributed by atoms with Crippen LogP contribution in [0.25, 0.3) is 0 Å². The lowest BCUT2D eigenvalue weighted by Gasteiger charge is -2.41. The first-order valence-corrected chi connectivity index (χ1v) is 14.6. The quantitative estimate of drug-likeness (QED) is 0.178. The molecule has 0 aromatic heterocycles. The van der Waals surface area contributed by atoms with Crippen LogP contribution in [0.3, 0.4) is 0 Å². The first kappa shape index (κ1) is 26.7. The topological polar surface area (TPSA) is 87.2 Å². The molecule has 3 unspecified atom stereocenters. The Bertz CT molecular complexity index is 850. The molecule has 194 valence electrons. The number of hydrogen-bond donors (Lipinski definition) is 1. The Labute approximate surface area is 220 Å². The summed E-state index contributed by atoms with van der Waals surface area (Å²) in [6.07, 6.45) is 10.4. The zero-order chi connectivity index (χ0) is 25.2. The molecule has 1 spiro atoms. The fourth-order valence-corrected chi connectivity index (χ4v) is 10.3. The summed E-state index contributed by atoms with van der Waals surface area (Å²) in [6.45, 7) is 8.52. The molecule has 6 atom stereocenters. The number of aliphatic hydroxyl groups excluding tert-OH is 1. The number of unbranched alkanes of at least 4 members (excludes halogenated alkanes) is 1. The number of fused-ring (bicyclic) bond motifs is 1. The first-order valence-electron chi connectivity index (χ1n) is 12.8. The first-order chi connectivity index (χ1) is 16.9. The number of rotatable bonds is 11. The molecule has 4 aliphatic rings. The van der Waals surface area contributed by atoms with Gasteiger partial charge in [0.2, 0.25) is 11.8 Å². The van der Waals surface area contributed by atoms with E-state index in [1.807, 2.05) is 4.90 Å². The number of esters is 1. The van der Waals surface area contributed by atoms with Crippen LogP contribution in [0.15, 0.2) is 25.3 Å². The van der Waals surface area contributed by atoms with Gasteiger partial charge in [0.15, 0.2) is 0 Å². The summed E-state index contributed by atoms with van der Waals surface area (Å²) in [5.74, 6) is -1.71. The SMILES string of the molecule is C=CCOC(=O)[C@H]1[C@@H]2SC3(CC2Br)C(C(=O)N(CC=C)C2CCCCC2)N(CCCCO)C(=O)[C@H]13. The van der Waals surface area contributed by atoms with Crippen molar-refractivity contribution in [1.29, 1.82) is 0 Å². The fourth-order valence-electron chi connectivity index (χ4n) is 6.66. The van der Waals surface area contributed by atoms with Gasteiger partial charge < -0.3 is 19.6 Å². The minimum absolute atomic E-state index is 0.0213. The molecule has 2 bridgehead atoms. The van der Waals surface area contributed by atoms with Gasteiger partial charge in [-0.3, -0.25) is 14.4 Å². The van der Waals surface area contributed by atoms with Crippen molar-refractivity contribution in [2.24, 2.45) is 11.8 Å². The van der Waals surface area contributed by atoms with E-state index in [2.05, 4.69) is 29.1 Å². The van der Waals surface area contributed by atoms with Crippen LogP contribution < -0.4 is 0 Å². The Morgan fingerprint density at radius 3 is 2.63 bits per heavy atom. The van der Waals surface area contributed by atoms with Crippen LogP contribution in [0.4, 0.5) is 0 Å². The predicted molar refractivity (Wildman–Crippen MR) is 140 cm³/mol. The highest BCUT2D eigenvalue weighted by Crippen LogP contribution is 2.68. The van der Waals surface area contributed by atoms with Gasteiger partial charge in [0.1, 0.15) is 12.6 Å². The molecule has 0 radical (unpaired) electrons. The number of thioether (sulfide) groups is 1. The van der Waals surface area contributed by atoms with Crippen molar-refractivity contribution in [2.45, 2.75) is 78.3 Å². The van der Waals surface area contributed by atoms with Crippen molar-refractivity contribution in [1.82, 2.24) is 9.80 Å². The van der Waals surface area contributed by atoms with Gasteiger partial charge in [0, 0.05) is 35.8 Å². The number of nitrogens with zero attached hydrogens (tertiary/aromatic N) is 2. The molecule has 0 aromatic carbocycles. The van der Waals surface area contributed by atoms with Crippen molar-refractivity contribution in [3.8, 4) is 0 Å². The van der Waals surface area contributed by atoms with Crippen molar-refractivity contribution >= 4 is 45.5 Å². The molecule has 4 fully saturated rings. The Morgan fingerprint density at radius 2 is 1.97 bits per heavy atom. The molecule has 3 heterocycles. The average molecular weight is 570 g/mol. The number of likely N-dealkylation sites (tertiary alicyclic amines) is 1. The molecule has 3 saturated heterocycles. The van der Waals surface area contributed by atoms with E-state index in [1.165, 1.54) is 12.5 Å². The molecule has 35 heavy (non-hydrogen) atoms. The number of ether oxygens (including phenoxy) is 1. The second-order valence-corrected chi connectivity index (χ2v) is 12.8. The van der Waals surface area contributed by atoms with Crippen LogP contribution in [-0.4, -0.2) is 85.9 Å². The molecule has 9 heteroatoms. The molecule has 2 amide bonds. The summed E-state index contributed by atoms with van der Waals surface area (Å²) in [5, 5.41) is 9.22. The van der Waals surface area contributed by atoms with Crippen molar-refractivity contribution in [2.75, 3.05) is 26.3 Å². The van der Waals surface area contributed by atoms with Gasteiger partial charge in [-0.2, -0.15) is 0 Å². The molecular weight excluding hydrogens is 532 g/mol. The van der Waals surface area contributed by atoms with E-state index in [0.29, 0.717) is 32.4 Å². The maximum atomic E-state index is 14.4. The van der Waals surface area contributed by atoms with E-state index in [-0.39, 0.29) is 47.1 Å². The number of alkyl halides is 1. The maximum absolute atomic E-state index is 14.4. The molecular formula is C26H37BrN2O5S. The highest BCUT2D eigenvalue weighted by atomic mass is 79.9. The Morgan fingerprint density at radius 1 is 1.23 bits per heavy atom. The number of aliphatic hydroxyl groups is 1. The molecule has 7 nitrogen and oxygen atoms in total. The maximum Gasteiger partial charge on any atom is 0.311 e. The van der Waals surface area contributed by atoms with Gasteiger partial charge in [-0.1, -0.05) is 53.9 Å². The lowest BCUT2D eigenvalue weighted by atomic mass is 9.71. The van der Waals surface area contributed by atoms with E-state index in [0.717, 1.165) is 25.7 Å². The number of hydrogen-bond acceptors (Lipinski definition) is 6. The smallest absolute Gasteiger partial charge is 0.311 e. The Balaban J connectivity index is 1.71. The van der Waals surface area contributed by atoms with Crippen molar-refractivity contribution in [3.05, 3.63) is 25.3 Å². The molecule has 0 aromatic rings. The summed E-state index contributed by atoms with van der Waals surface area (Å²) in [5.41, 5.74) is 0. The Kier molecular flexibility index (Phi) is 8.69. The van der Waals surface area contributed by atoms with Gasteiger partial charge in [-0.05, 0) is 32.1 Å². The highest BCUT2D eigenvalue weighted by Gasteiger charge is 2.76. The minimum atomic E-state index is -0.668. The monoisotopic (exact) mass is 568 g/mol. The van der Waals surface area contributed by atoms with Gasteiger partial charge in [0.05, 0.1) is 16.6 Å². The lowest BCUT2D eigenvalue weighted by molar-refractivity contribution is -0.153. The van der Waals surface area contributed by atoms with Crippen LogP contribution in [-0.2, 0) is 19.1 Å². The standard InChI is InChI=1S/C26H37BrN2O5S/c1-3-12-28(17-10-6-5-7-11-17)24(32)22-26-16-18(27)21(35-26)19(25(33)34-15-4-2)20(26)23(31)29(22)13-8-9-14-30/h3-4,17-22,30H,1-2,5-16H2/t18?,19-,20+,21-,22?,26?/m1/s1. The average Bonchev–Trinajstić information content (AvgIpc) is 3.45. The van der Waals surface area contributed by atoms with E-state index < -0.39 is 22.6 Å². The van der Waals surface area contributed by atoms with Gasteiger partial charge in [-0.15, -0.1) is 18.3 Å². The zero-order valence-corrected chi connectivity index (χ0v) is 22.7. The normalized spacial score (nSPS) is 34.1. The zero-order valence-electron chi connectivity index (χ0n) is 20.3. The molecule has 1 aliphatic carbocycles. The second-order valence-electron chi connectivity index (χ2n) is 10.1. The van der Waals surface area contributed by atoms with Crippen molar-refractivity contribution in [3.63, 3.8) is 0 Å². The number of carbonyl (C=O) groups is 3. The van der Waals surface area contributed by atoms with Crippen molar-refractivity contribution < 1.29 is 24.2 Å². The highest BCUT2D eigenvalue weighted by molar-refractivity contribution is 9.09. The van der Waals surface area contributed by atoms with Crippen LogP contribution >= 0.6 is 27.7 Å². The third-order valence-corrected chi connectivity index (χ3v) is 11.3. The summed E-state index contributed by atoms with van der Waals surface area (Å²) in [7, 11) is 0. The minimum Gasteiger partial charge on any atom is -0.461 e. The summed E-state index contributed by atoms with van der Waals surface area (Å²) in [6, 6.07) is -0.483. The predicted octanol–water partition coefficient (Wildman–Crippen LogP) is 3.30. The van der Waals surface area contributed by atoms with Crippen LogP contribution in [0.1, 0.15) is 51.4 Å². The molecule has 1 saturated carbocycles. The van der Waals surface area contributed by atoms with E-state index in [9.17, 15) is 19.5 Å².